The van der Waals surface area contributed by atoms with Gasteiger partial charge in [0.05, 0.1) is 5.52 Å². The second-order valence-corrected chi connectivity index (χ2v) is 9.98. The maximum absolute atomic E-state index is 13.4. The average molecular weight is 539 g/mol. The van der Waals surface area contributed by atoms with E-state index < -0.39 is 17.4 Å². The van der Waals surface area contributed by atoms with Crippen molar-refractivity contribution in [2.24, 2.45) is 4.99 Å². The summed E-state index contributed by atoms with van der Waals surface area (Å²) in [5.74, 6) is 2.79. The van der Waals surface area contributed by atoms with Gasteiger partial charge in [-0.2, -0.15) is 18.2 Å². The van der Waals surface area contributed by atoms with Gasteiger partial charge in [0, 0.05) is 68.1 Å². The number of piperazine rings is 1. The minimum atomic E-state index is -4.35. The van der Waals surface area contributed by atoms with Gasteiger partial charge in [-0.05, 0) is 44.2 Å². The van der Waals surface area contributed by atoms with Gasteiger partial charge >= 0.3 is 6.18 Å². The standard InChI is InChI=1S/C28H29F3N6O2/c1-3-37(20-8-9-23-24(16-20)39-18-38-23)25-21-6-4-5-7-22(21)33-26(34-25)35-12-14-36(15-13-35)27(2)17-19(10-11-32-27)28(29,30)31/h4-11,16H,3,12-15,17-18H2,1-2H3. The van der Waals surface area contributed by atoms with Gasteiger partial charge in [0.1, 0.15) is 11.5 Å². The Kier molecular flexibility index (Phi) is 6.33. The number of anilines is 3. The number of ether oxygens (including phenoxy) is 2. The number of hydrogen-bond donors (Lipinski definition) is 0. The van der Waals surface area contributed by atoms with Crippen LogP contribution in [-0.4, -0.2) is 72.4 Å². The highest BCUT2D eigenvalue weighted by molar-refractivity contribution is 5.92. The van der Waals surface area contributed by atoms with Crippen LogP contribution in [0.25, 0.3) is 10.9 Å². The number of allylic oxidation sites excluding steroid dienone is 1. The quantitative estimate of drug-likeness (QED) is 0.436. The molecule has 4 heterocycles. The number of fused-ring (bicyclic) bond motifs is 2. The third-order valence-electron chi connectivity index (χ3n) is 7.57. The van der Waals surface area contributed by atoms with Crippen molar-refractivity contribution in [2.45, 2.75) is 32.1 Å². The van der Waals surface area contributed by atoms with E-state index in [1.165, 1.54) is 6.21 Å². The molecule has 0 bridgehead atoms. The third kappa shape index (κ3) is 4.75. The fourth-order valence-electron chi connectivity index (χ4n) is 5.43. The van der Waals surface area contributed by atoms with Gasteiger partial charge in [-0.15, -0.1) is 0 Å². The van der Waals surface area contributed by atoms with E-state index in [9.17, 15) is 13.2 Å². The molecule has 0 radical (unpaired) electrons. The van der Waals surface area contributed by atoms with Gasteiger partial charge in [-0.25, -0.2) is 4.98 Å². The lowest BCUT2D eigenvalue weighted by atomic mass is 9.96. The zero-order valence-electron chi connectivity index (χ0n) is 21.8. The zero-order valence-corrected chi connectivity index (χ0v) is 21.8. The Morgan fingerprint density at radius 2 is 1.77 bits per heavy atom. The molecule has 1 aromatic heterocycles. The van der Waals surface area contributed by atoms with Crippen molar-refractivity contribution < 1.29 is 22.6 Å². The topological polar surface area (TPSA) is 66.3 Å². The van der Waals surface area contributed by atoms with E-state index in [4.69, 9.17) is 19.4 Å². The lowest BCUT2D eigenvalue weighted by molar-refractivity contribution is -0.0987. The first-order valence-electron chi connectivity index (χ1n) is 13.0. The molecule has 1 saturated heterocycles. The largest absolute Gasteiger partial charge is 0.454 e. The number of nitrogens with zero attached hydrogens (tertiary/aromatic N) is 6. The second kappa shape index (κ2) is 9.71. The summed E-state index contributed by atoms with van der Waals surface area (Å²) in [4.78, 5) is 20.6. The Morgan fingerprint density at radius 3 is 2.54 bits per heavy atom. The lowest BCUT2D eigenvalue weighted by Gasteiger charge is -2.45. The maximum Gasteiger partial charge on any atom is 0.412 e. The molecule has 1 unspecified atom stereocenters. The Bertz CT molecular complexity index is 1450. The molecule has 11 heteroatoms. The number of dihydropyridines is 1. The van der Waals surface area contributed by atoms with Gasteiger partial charge in [0.15, 0.2) is 11.5 Å². The van der Waals surface area contributed by atoms with Crippen LogP contribution < -0.4 is 19.3 Å². The van der Waals surface area contributed by atoms with Crippen molar-refractivity contribution >= 4 is 34.6 Å². The molecule has 0 amide bonds. The predicted octanol–water partition coefficient (Wildman–Crippen LogP) is 5.32. The summed E-state index contributed by atoms with van der Waals surface area (Å²) in [5.41, 5.74) is 0.272. The van der Waals surface area contributed by atoms with E-state index in [2.05, 4.69) is 21.7 Å². The molecule has 6 rings (SSSR count). The first-order chi connectivity index (χ1) is 18.7. The van der Waals surface area contributed by atoms with E-state index in [1.54, 1.807) is 6.92 Å². The first kappa shape index (κ1) is 25.4. The van der Waals surface area contributed by atoms with Crippen molar-refractivity contribution in [1.29, 1.82) is 0 Å². The number of rotatable bonds is 5. The molecule has 3 aliphatic heterocycles. The van der Waals surface area contributed by atoms with Crippen molar-refractivity contribution in [2.75, 3.05) is 49.3 Å². The second-order valence-electron chi connectivity index (χ2n) is 9.98. The highest BCUT2D eigenvalue weighted by Gasteiger charge is 2.43. The minimum Gasteiger partial charge on any atom is -0.454 e. The molecule has 3 aromatic rings. The van der Waals surface area contributed by atoms with Crippen LogP contribution in [0.2, 0.25) is 0 Å². The van der Waals surface area contributed by atoms with Crippen molar-refractivity contribution in [3.05, 3.63) is 54.1 Å². The molecule has 3 aliphatic rings. The Labute approximate surface area is 224 Å². The monoisotopic (exact) mass is 538 g/mol. The molecular formula is C28H29F3N6O2. The van der Waals surface area contributed by atoms with Crippen LogP contribution in [0.15, 0.2) is 59.1 Å². The summed E-state index contributed by atoms with van der Waals surface area (Å²) in [6, 6.07) is 13.7. The summed E-state index contributed by atoms with van der Waals surface area (Å²) in [5, 5.41) is 0.926. The number of alkyl halides is 3. The molecule has 39 heavy (non-hydrogen) atoms. The summed E-state index contributed by atoms with van der Waals surface area (Å²) in [6.07, 6.45) is -2.16. The smallest absolute Gasteiger partial charge is 0.412 e. The van der Waals surface area contributed by atoms with E-state index in [-0.39, 0.29) is 13.2 Å². The van der Waals surface area contributed by atoms with Gasteiger partial charge in [-0.1, -0.05) is 12.1 Å². The Morgan fingerprint density at radius 1 is 1.00 bits per heavy atom. The first-order valence-corrected chi connectivity index (χ1v) is 13.0. The third-order valence-corrected chi connectivity index (χ3v) is 7.57. The van der Waals surface area contributed by atoms with E-state index in [0.29, 0.717) is 44.4 Å². The highest BCUT2D eigenvalue weighted by Crippen LogP contribution is 2.40. The Hall–Kier alpha value is -3.86. The highest BCUT2D eigenvalue weighted by atomic mass is 19.4. The molecule has 0 aliphatic carbocycles. The van der Waals surface area contributed by atoms with Crippen molar-refractivity contribution in [3.8, 4) is 11.5 Å². The number of para-hydroxylation sites is 1. The predicted molar refractivity (Wildman–Crippen MR) is 144 cm³/mol. The van der Waals surface area contributed by atoms with Crippen LogP contribution >= 0.6 is 0 Å². The molecule has 1 fully saturated rings. The number of hydrogen-bond acceptors (Lipinski definition) is 8. The number of aliphatic imine (C=N–C) groups is 1. The van der Waals surface area contributed by atoms with E-state index in [0.717, 1.165) is 34.2 Å². The fraction of sp³-hybridized carbons (Fsp3) is 0.393. The van der Waals surface area contributed by atoms with E-state index in [1.807, 2.05) is 47.4 Å². The number of halogens is 3. The summed E-state index contributed by atoms with van der Waals surface area (Å²) >= 11 is 0. The van der Waals surface area contributed by atoms with Gasteiger partial charge in [0.2, 0.25) is 12.7 Å². The lowest BCUT2D eigenvalue weighted by Crippen LogP contribution is -2.56. The average Bonchev–Trinajstić information content (AvgIpc) is 3.41. The molecule has 0 saturated carbocycles. The van der Waals surface area contributed by atoms with Crippen LogP contribution in [0.1, 0.15) is 20.3 Å². The molecule has 1 atom stereocenters. The molecule has 0 spiro atoms. The molecule has 0 N–H and O–H groups in total. The zero-order chi connectivity index (χ0) is 27.2. The minimum absolute atomic E-state index is 0.162. The molecule has 204 valence electrons. The van der Waals surface area contributed by atoms with Crippen LogP contribution in [0.5, 0.6) is 11.5 Å². The van der Waals surface area contributed by atoms with Crippen LogP contribution in [-0.2, 0) is 0 Å². The van der Waals surface area contributed by atoms with Crippen molar-refractivity contribution in [1.82, 2.24) is 14.9 Å². The number of benzene rings is 2. The summed E-state index contributed by atoms with van der Waals surface area (Å²) in [6.45, 7) is 6.94. The molecular weight excluding hydrogens is 509 g/mol. The summed E-state index contributed by atoms with van der Waals surface area (Å²) < 4.78 is 51.3. The van der Waals surface area contributed by atoms with Gasteiger partial charge < -0.3 is 19.3 Å². The van der Waals surface area contributed by atoms with Crippen LogP contribution in [0, 0.1) is 0 Å². The maximum atomic E-state index is 13.4. The Balaban J connectivity index is 1.27. The fourth-order valence-corrected chi connectivity index (χ4v) is 5.43. The van der Waals surface area contributed by atoms with Gasteiger partial charge in [-0.3, -0.25) is 9.89 Å². The van der Waals surface area contributed by atoms with Crippen LogP contribution in [0.4, 0.5) is 30.6 Å². The SMILES string of the molecule is CCN(c1ccc2c(c1)OCO2)c1nc(N2CCN(C3(C)CC(C(F)(F)F)=CC=N3)CC2)nc2ccccc12. The normalized spacial score (nSPS) is 21.4. The number of aromatic nitrogens is 2. The van der Waals surface area contributed by atoms with E-state index >= 15 is 0 Å². The van der Waals surface area contributed by atoms with Gasteiger partial charge in [0.25, 0.3) is 0 Å². The molecule has 8 nitrogen and oxygen atoms in total. The summed E-state index contributed by atoms with van der Waals surface area (Å²) in [7, 11) is 0. The van der Waals surface area contributed by atoms with Crippen LogP contribution in [0.3, 0.4) is 0 Å². The van der Waals surface area contributed by atoms with Crippen molar-refractivity contribution in [3.63, 3.8) is 0 Å². The molecule has 2 aromatic carbocycles.